The first-order valence-electron chi connectivity index (χ1n) is 6.89. The van der Waals surface area contributed by atoms with Crippen LogP contribution in [0, 0.1) is 0 Å². The number of carbonyl (C=O) groups is 1. The highest BCUT2D eigenvalue weighted by atomic mass is 32.1. The Labute approximate surface area is 123 Å². The molecule has 0 aliphatic carbocycles. The predicted octanol–water partition coefficient (Wildman–Crippen LogP) is 4.12. The number of thiazole rings is 1. The smallest absolute Gasteiger partial charge is 0.216 e. The number of ether oxygens (including phenoxy) is 1. The molecule has 0 N–H and O–H groups in total. The van der Waals surface area contributed by atoms with Gasteiger partial charge in [-0.2, -0.15) is 0 Å². The Kier molecular flexibility index (Phi) is 5.30. The summed E-state index contributed by atoms with van der Waals surface area (Å²) in [5, 5.41) is 1.60. The fourth-order valence-corrected chi connectivity index (χ4v) is 2.91. The van der Waals surface area contributed by atoms with Crippen molar-refractivity contribution < 1.29 is 9.53 Å². The monoisotopic (exact) mass is 289 g/mol. The molecule has 20 heavy (non-hydrogen) atoms. The van der Waals surface area contributed by atoms with E-state index in [1.54, 1.807) is 19.2 Å². The molecule has 0 radical (unpaired) electrons. The lowest BCUT2D eigenvalue weighted by molar-refractivity contribution is 0.103. The van der Waals surface area contributed by atoms with Crippen molar-refractivity contribution in [3.63, 3.8) is 0 Å². The Morgan fingerprint density at radius 3 is 2.65 bits per heavy atom. The van der Waals surface area contributed by atoms with E-state index in [9.17, 15) is 4.79 Å². The maximum absolute atomic E-state index is 12.4. The van der Waals surface area contributed by atoms with Crippen molar-refractivity contribution >= 4 is 17.1 Å². The first-order chi connectivity index (χ1) is 9.76. The van der Waals surface area contributed by atoms with Crippen LogP contribution in [0.2, 0.25) is 0 Å². The summed E-state index contributed by atoms with van der Waals surface area (Å²) in [6.45, 7) is 2.17. The third kappa shape index (κ3) is 3.45. The minimum atomic E-state index is -0.0690. The van der Waals surface area contributed by atoms with Crippen molar-refractivity contribution in [2.45, 2.75) is 32.6 Å². The number of hydrogen-bond acceptors (Lipinski definition) is 4. The number of nitrogens with zero attached hydrogens (tertiary/aromatic N) is 1. The molecule has 4 heteroatoms. The first kappa shape index (κ1) is 14.7. The number of hydrogen-bond donors (Lipinski definition) is 0. The van der Waals surface area contributed by atoms with Crippen LogP contribution in [0.25, 0.3) is 0 Å². The molecule has 0 unspecified atom stereocenters. The van der Waals surface area contributed by atoms with Gasteiger partial charge >= 0.3 is 0 Å². The largest absolute Gasteiger partial charge is 0.486 e. The third-order valence-corrected chi connectivity index (χ3v) is 4.15. The highest BCUT2D eigenvalue weighted by Crippen LogP contribution is 2.29. The van der Waals surface area contributed by atoms with Crippen molar-refractivity contribution in [2.24, 2.45) is 0 Å². The SMILES string of the molecule is CCCCCc1nc(C(=O)c2ccccc2)c(OC)s1. The van der Waals surface area contributed by atoms with Gasteiger partial charge in [-0.15, -0.1) is 0 Å². The molecule has 3 nitrogen and oxygen atoms in total. The van der Waals surface area contributed by atoms with Gasteiger partial charge < -0.3 is 4.74 Å². The summed E-state index contributed by atoms with van der Waals surface area (Å²) in [5.74, 6) is -0.0690. The summed E-state index contributed by atoms with van der Waals surface area (Å²) in [6, 6.07) is 9.21. The second-order valence-electron chi connectivity index (χ2n) is 4.60. The molecule has 0 aliphatic heterocycles. The number of aromatic nitrogens is 1. The standard InChI is InChI=1S/C16H19NO2S/c1-3-4-6-11-13-17-14(16(19-2)20-13)15(18)12-9-7-5-8-10-12/h5,7-10H,3-4,6,11H2,1-2H3. The molecular formula is C16H19NO2S. The molecule has 1 aromatic heterocycles. The highest BCUT2D eigenvalue weighted by Gasteiger charge is 2.20. The fourth-order valence-electron chi connectivity index (χ4n) is 1.99. The van der Waals surface area contributed by atoms with E-state index in [1.165, 1.54) is 24.2 Å². The van der Waals surface area contributed by atoms with Gasteiger partial charge in [-0.3, -0.25) is 4.79 Å². The Balaban J connectivity index is 2.20. The van der Waals surface area contributed by atoms with Crippen LogP contribution in [0.3, 0.4) is 0 Å². The van der Waals surface area contributed by atoms with E-state index in [4.69, 9.17) is 4.74 Å². The lowest BCUT2D eigenvalue weighted by atomic mass is 10.1. The zero-order valence-electron chi connectivity index (χ0n) is 11.9. The molecule has 2 aromatic rings. The van der Waals surface area contributed by atoms with Crippen LogP contribution in [0.4, 0.5) is 0 Å². The molecule has 0 aliphatic rings. The zero-order valence-corrected chi connectivity index (χ0v) is 12.7. The summed E-state index contributed by atoms with van der Waals surface area (Å²) in [6.07, 6.45) is 4.38. The van der Waals surface area contributed by atoms with Gasteiger partial charge in [-0.05, 0) is 12.8 Å². The van der Waals surface area contributed by atoms with Gasteiger partial charge in [0.1, 0.15) is 0 Å². The van der Waals surface area contributed by atoms with Crippen LogP contribution in [0.15, 0.2) is 30.3 Å². The number of benzene rings is 1. The molecule has 0 saturated carbocycles. The Morgan fingerprint density at radius 1 is 1.25 bits per heavy atom. The van der Waals surface area contributed by atoms with E-state index >= 15 is 0 Å². The maximum Gasteiger partial charge on any atom is 0.216 e. The Hall–Kier alpha value is -1.68. The van der Waals surface area contributed by atoms with E-state index in [0.717, 1.165) is 17.8 Å². The van der Waals surface area contributed by atoms with Gasteiger partial charge in [-0.1, -0.05) is 61.4 Å². The maximum atomic E-state index is 12.4. The van der Waals surface area contributed by atoms with Gasteiger partial charge in [0.15, 0.2) is 5.69 Å². The third-order valence-electron chi connectivity index (χ3n) is 3.07. The van der Waals surface area contributed by atoms with E-state index in [1.807, 2.05) is 18.2 Å². The van der Waals surface area contributed by atoms with Crippen LogP contribution in [-0.4, -0.2) is 17.9 Å². The predicted molar refractivity (Wildman–Crippen MR) is 81.8 cm³/mol. The quantitative estimate of drug-likeness (QED) is 0.568. The molecule has 0 atom stereocenters. The van der Waals surface area contributed by atoms with Crippen molar-refractivity contribution in [3.05, 3.63) is 46.6 Å². The van der Waals surface area contributed by atoms with Crippen molar-refractivity contribution in [1.82, 2.24) is 4.98 Å². The highest BCUT2D eigenvalue weighted by molar-refractivity contribution is 7.13. The summed E-state index contributed by atoms with van der Waals surface area (Å²) in [7, 11) is 1.59. The molecule has 0 amide bonds. The molecule has 1 aromatic carbocycles. The molecule has 106 valence electrons. The van der Waals surface area contributed by atoms with Crippen LogP contribution < -0.4 is 4.74 Å². The van der Waals surface area contributed by atoms with E-state index < -0.39 is 0 Å². The number of carbonyl (C=O) groups excluding carboxylic acids is 1. The lowest BCUT2D eigenvalue weighted by Gasteiger charge is -1.99. The number of aryl methyl sites for hydroxylation is 1. The molecule has 0 spiro atoms. The minimum Gasteiger partial charge on any atom is -0.486 e. The van der Waals surface area contributed by atoms with Gasteiger partial charge in [0.05, 0.1) is 12.1 Å². The van der Waals surface area contributed by atoms with Crippen LogP contribution in [-0.2, 0) is 6.42 Å². The van der Waals surface area contributed by atoms with E-state index in [0.29, 0.717) is 16.3 Å². The van der Waals surface area contributed by atoms with E-state index in [2.05, 4.69) is 11.9 Å². The second kappa shape index (κ2) is 7.20. The number of ketones is 1. The molecule has 0 bridgehead atoms. The number of rotatable bonds is 7. The van der Waals surface area contributed by atoms with Crippen molar-refractivity contribution in [3.8, 4) is 5.06 Å². The molecule has 0 saturated heterocycles. The Morgan fingerprint density at radius 2 is 2.00 bits per heavy atom. The topological polar surface area (TPSA) is 39.2 Å². The zero-order chi connectivity index (χ0) is 14.4. The average molecular weight is 289 g/mol. The fraction of sp³-hybridized carbons (Fsp3) is 0.375. The van der Waals surface area contributed by atoms with Crippen molar-refractivity contribution in [2.75, 3.05) is 7.11 Å². The molecule has 2 rings (SSSR count). The number of unbranched alkanes of at least 4 members (excludes halogenated alkanes) is 2. The Bertz CT molecular complexity index is 563. The second-order valence-corrected chi connectivity index (χ2v) is 5.65. The summed E-state index contributed by atoms with van der Waals surface area (Å²) in [4.78, 5) is 16.9. The van der Waals surface area contributed by atoms with Crippen LogP contribution in [0.5, 0.6) is 5.06 Å². The first-order valence-corrected chi connectivity index (χ1v) is 7.71. The minimum absolute atomic E-state index is 0.0690. The molecule has 0 fully saturated rings. The summed E-state index contributed by atoms with van der Waals surface area (Å²) in [5.41, 5.74) is 1.09. The normalized spacial score (nSPS) is 10.5. The van der Waals surface area contributed by atoms with E-state index in [-0.39, 0.29) is 5.78 Å². The summed E-state index contributed by atoms with van der Waals surface area (Å²) < 4.78 is 5.31. The van der Waals surface area contributed by atoms with Crippen LogP contribution in [0.1, 0.15) is 47.2 Å². The van der Waals surface area contributed by atoms with Crippen LogP contribution >= 0.6 is 11.3 Å². The van der Waals surface area contributed by atoms with Gasteiger partial charge in [0, 0.05) is 5.56 Å². The molecule has 1 heterocycles. The van der Waals surface area contributed by atoms with Gasteiger partial charge in [0.2, 0.25) is 10.8 Å². The van der Waals surface area contributed by atoms with Gasteiger partial charge in [-0.25, -0.2) is 4.98 Å². The molecular weight excluding hydrogens is 270 g/mol. The number of methoxy groups -OCH3 is 1. The van der Waals surface area contributed by atoms with Gasteiger partial charge in [0.25, 0.3) is 0 Å². The lowest BCUT2D eigenvalue weighted by Crippen LogP contribution is -2.03. The average Bonchev–Trinajstić information content (AvgIpc) is 2.91. The van der Waals surface area contributed by atoms with Crippen molar-refractivity contribution in [1.29, 1.82) is 0 Å². The summed E-state index contributed by atoms with van der Waals surface area (Å²) >= 11 is 1.48.